The van der Waals surface area contributed by atoms with E-state index >= 15 is 0 Å². The van der Waals surface area contributed by atoms with Crippen LogP contribution in [0.2, 0.25) is 0 Å². The Kier molecular flexibility index (Phi) is 3.71. The average Bonchev–Trinajstić information content (AvgIpc) is 2.39. The van der Waals surface area contributed by atoms with E-state index in [4.69, 9.17) is 4.74 Å². The van der Waals surface area contributed by atoms with E-state index in [1.54, 1.807) is 24.3 Å². The summed E-state index contributed by atoms with van der Waals surface area (Å²) in [4.78, 5) is -0.00304. The van der Waals surface area contributed by atoms with E-state index in [-0.39, 0.29) is 4.90 Å². The van der Waals surface area contributed by atoms with Gasteiger partial charge in [-0.15, -0.1) is 0 Å². The first-order valence-corrected chi connectivity index (χ1v) is 6.92. The van der Waals surface area contributed by atoms with Gasteiger partial charge in [-0.1, -0.05) is 6.07 Å². The van der Waals surface area contributed by atoms with Crippen LogP contribution in [0.3, 0.4) is 0 Å². The minimum Gasteiger partial charge on any atom is -0.497 e. The van der Waals surface area contributed by atoms with Crippen molar-refractivity contribution in [3.8, 4) is 5.75 Å². The molecule has 0 saturated heterocycles. The lowest BCUT2D eigenvalue weighted by Crippen LogP contribution is -2.12. The van der Waals surface area contributed by atoms with Gasteiger partial charge in [0.2, 0.25) is 0 Å². The van der Waals surface area contributed by atoms with Crippen LogP contribution in [-0.2, 0) is 10.0 Å². The van der Waals surface area contributed by atoms with Gasteiger partial charge in [0.1, 0.15) is 11.6 Å². The minimum atomic E-state index is -3.73. The van der Waals surface area contributed by atoms with Gasteiger partial charge in [-0.2, -0.15) is 0 Å². The van der Waals surface area contributed by atoms with Gasteiger partial charge in [-0.05, 0) is 36.4 Å². The molecular weight excluding hydrogens is 269 g/mol. The second-order valence-electron chi connectivity index (χ2n) is 3.79. The molecule has 2 aromatic rings. The molecule has 0 amide bonds. The predicted octanol–water partition coefficient (Wildman–Crippen LogP) is 2.64. The molecule has 1 N–H and O–H groups in total. The monoisotopic (exact) mass is 281 g/mol. The molecule has 2 aromatic carbocycles. The van der Waals surface area contributed by atoms with Crippen LogP contribution >= 0.6 is 0 Å². The molecule has 0 aromatic heterocycles. The lowest BCUT2D eigenvalue weighted by atomic mass is 10.3. The average molecular weight is 281 g/mol. The summed E-state index contributed by atoms with van der Waals surface area (Å²) in [6.45, 7) is 0. The van der Waals surface area contributed by atoms with E-state index < -0.39 is 15.8 Å². The Morgan fingerprint density at radius 1 is 1.11 bits per heavy atom. The van der Waals surface area contributed by atoms with Crippen LogP contribution in [0.15, 0.2) is 53.4 Å². The van der Waals surface area contributed by atoms with Crippen LogP contribution in [-0.4, -0.2) is 15.5 Å². The summed E-state index contributed by atoms with van der Waals surface area (Å²) in [6.07, 6.45) is 0. The fourth-order valence-electron chi connectivity index (χ4n) is 1.51. The summed E-state index contributed by atoms with van der Waals surface area (Å²) >= 11 is 0. The van der Waals surface area contributed by atoms with Gasteiger partial charge >= 0.3 is 0 Å². The molecule has 19 heavy (non-hydrogen) atoms. The zero-order valence-corrected chi connectivity index (χ0v) is 10.9. The molecule has 0 spiro atoms. The molecule has 0 bridgehead atoms. The molecule has 0 aliphatic heterocycles. The van der Waals surface area contributed by atoms with Gasteiger partial charge < -0.3 is 4.74 Å². The van der Waals surface area contributed by atoms with E-state index in [9.17, 15) is 12.8 Å². The third-order valence-corrected chi connectivity index (χ3v) is 3.84. The Labute approximate surface area is 110 Å². The van der Waals surface area contributed by atoms with Crippen molar-refractivity contribution in [1.82, 2.24) is 0 Å². The topological polar surface area (TPSA) is 55.4 Å². The smallest absolute Gasteiger partial charge is 0.261 e. The Hall–Kier alpha value is -2.08. The number of halogens is 1. The van der Waals surface area contributed by atoms with Crippen molar-refractivity contribution in [2.24, 2.45) is 0 Å². The highest BCUT2D eigenvalue weighted by Crippen LogP contribution is 2.20. The summed E-state index contributed by atoms with van der Waals surface area (Å²) in [5.74, 6) is 0.0552. The number of nitrogens with one attached hydrogen (secondary N) is 1. The third-order valence-electron chi connectivity index (χ3n) is 2.45. The Morgan fingerprint density at radius 2 is 1.79 bits per heavy atom. The molecule has 0 unspecified atom stereocenters. The van der Waals surface area contributed by atoms with Crippen molar-refractivity contribution in [3.63, 3.8) is 0 Å². The highest BCUT2D eigenvalue weighted by atomic mass is 32.2. The molecule has 0 atom stereocenters. The van der Waals surface area contributed by atoms with Gasteiger partial charge in [0, 0.05) is 6.07 Å². The molecule has 0 aliphatic carbocycles. The van der Waals surface area contributed by atoms with Crippen LogP contribution < -0.4 is 9.46 Å². The zero-order chi connectivity index (χ0) is 13.9. The molecule has 100 valence electrons. The van der Waals surface area contributed by atoms with Crippen molar-refractivity contribution in [2.45, 2.75) is 4.90 Å². The molecule has 2 rings (SSSR count). The van der Waals surface area contributed by atoms with Crippen LogP contribution in [0.5, 0.6) is 5.75 Å². The highest BCUT2D eigenvalue weighted by Gasteiger charge is 2.14. The van der Waals surface area contributed by atoms with Gasteiger partial charge in [0.05, 0.1) is 17.7 Å². The maximum absolute atomic E-state index is 12.8. The molecule has 0 radical (unpaired) electrons. The number of hydrogen-bond acceptors (Lipinski definition) is 3. The lowest BCUT2D eigenvalue weighted by Gasteiger charge is -2.09. The first kappa shape index (κ1) is 13.4. The quantitative estimate of drug-likeness (QED) is 0.937. The van der Waals surface area contributed by atoms with Gasteiger partial charge in [0.15, 0.2) is 0 Å². The lowest BCUT2D eigenvalue weighted by molar-refractivity contribution is 0.415. The van der Waals surface area contributed by atoms with E-state index in [2.05, 4.69) is 4.72 Å². The summed E-state index contributed by atoms with van der Waals surface area (Å²) in [7, 11) is -2.23. The van der Waals surface area contributed by atoms with Crippen LogP contribution in [0.25, 0.3) is 0 Å². The van der Waals surface area contributed by atoms with Crippen LogP contribution in [0.4, 0.5) is 10.1 Å². The largest absolute Gasteiger partial charge is 0.497 e. The second-order valence-corrected chi connectivity index (χ2v) is 5.47. The summed E-state index contributed by atoms with van der Waals surface area (Å²) in [5.41, 5.74) is 0.378. The van der Waals surface area contributed by atoms with E-state index in [1.165, 1.54) is 19.2 Å². The molecule has 6 heteroatoms. The summed E-state index contributed by atoms with van der Waals surface area (Å²) in [5, 5.41) is 0. The fraction of sp³-hybridized carbons (Fsp3) is 0.0769. The SMILES string of the molecule is COc1cccc(NS(=O)(=O)c2ccc(F)cc2)c1. The molecule has 0 aliphatic rings. The standard InChI is InChI=1S/C13H12FNO3S/c1-18-12-4-2-3-11(9-12)15-19(16,17)13-7-5-10(14)6-8-13/h2-9,15H,1H3. The van der Waals surface area contributed by atoms with E-state index in [0.717, 1.165) is 12.1 Å². The van der Waals surface area contributed by atoms with Crippen molar-refractivity contribution < 1.29 is 17.5 Å². The van der Waals surface area contributed by atoms with E-state index in [1.807, 2.05) is 0 Å². The van der Waals surface area contributed by atoms with Gasteiger partial charge in [-0.3, -0.25) is 4.72 Å². The number of anilines is 1. The van der Waals surface area contributed by atoms with E-state index in [0.29, 0.717) is 11.4 Å². The first-order chi connectivity index (χ1) is 9.01. The number of rotatable bonds is 4. The fourth-order valence-corrected chi connectivity index (χ4v) is 2.56. The Balaban J connectivity index is 2.28. The highest BCUT2D eigenvalue weighted by molar-refractivity contribution is 7.92. The summed E-state index contributed by atoms with van der Waals surface area (Å²) in [6, 6.07) is 11.1. The van der Waals surface area contributed by atoms with Crippen molar-refractivity contribution in [2.75, 3.05) is 11.8 Å². The number of hydrogen-bond donors (Lipinski definition) is 1. The number of methoxy groups -OCH3 is 1. The Morgan fingerprint density at radius 3 is 2.42 bits per heavy atom. The predicted molar refractivity (Wildman–Crippen MR) is 70.2 cm³/mol. The van der Waals surface area contributed by atoms with Crippen molar-refractivity contribution in [3.05, 3.63) is 54.3 Å². The maximum Gasteiger partial charge on any atom is 0.261 e. The van der Waals surface area contributed by atoms with Gasteiger partial charge in [0.25, 0.3) is 10.0 Å². The van der Waals surface area contributed by atoms with Crippen molar-refractivity contribution >= 4 is 15.7 Å². The second kappa shape index (κ2) is 5.27. The minimum absolute atomic E-state index is 0.00304. The molecular formula is C13H12FNO3S. The zero-order valence-electron chi connectivity index (χ0n) is 10.1. The first-order valence-electron chi connectivity index (χ1n) is 5.44. The third kappa shape index (κ3) is 3.23. The molecule has 4 nitrogen and oxygen atoms in total. The normalized spacial score (nSPS) is 11.1. The van der Waals surface area contributed by atoms with Gasteiger partial charge in [-0.25, -0.2) is 12.8 Å². The summed E-state index contributed by atoms with van der Waals surface area (Å²) < 4.78 is 44.2. The molecule has 0 fully saturated rings. The van der Waals surface area contributed by atoms with Crippen LogP contribution in [0.1, 0.15) is 0 Å². The number of benzene rings is 2. The molecule has 0 saturated carbocycles. The number of ether oxygens (including phenoxy) is 1. The number of sulfonamides is 1. The Bertz CT molecular complexity index is 669. The van der Waals surface area contributed by atoms with Crippen LogP contribution in [0, 0.1) is 5.82 Å². The van der Waals surface area contributed by atoms with Crippen molar-refractivity contribution in [1.29, 1.82) is 0 Å². The maximum atomic E-state index is 12.8. The molecule has 0 heterocycles.